The van der Waals surface area contributed by atoms with Gasteiger partial charge in [-0.15, -0.1) is 0 Å². The zero-order chi connectivity index (χ0) is 11.7. The predicted octanol–water partition coefficient (Wildman–Crippen LogP) is 1.21. The Morgan fingerprint density at radius 1 is 1.41 bits per heavy atom. The van der Waals surface area contributed by atoms with E-state index >= 15 is 0 Å². The second kappa shape index (κ2) is 4.59. The van der Waals surface area contributed by atoms with Gasteiger partial charge in [-0.05, 0) is 44.5 Å². The van der Waals surface area contributed by atoms with Gasteiger partial charge in [0.05, 0.1) is 5.25 Å². The van der Waals surface area contributed by atoms with Crippen LogP contribution in [0.5, 0.6) is 0 Å². The van der Waals surface area contributed by atoms with Crippen LogP contribution < -0.4 is 5.32 Å². The maximum Gasteiger partial charge on any atom is 0.258 e. The van der Waals surface area contributed by atoms with E-state index in [0.29, 0.717) is 24.0 Å². The summed E-state index contributed by atoms with van der Waals surface area (Å²) in [5.74, 6) is 2.33. The summed E-state index contributed by atoms with van der Waals surface area (Å²) >= 11 is 1.88. The topological polar surface area (TPSA) is 71.2 Å². The molecule has 2 fully saturated rings. The Balaban J connectivity index is 1.78. The number of rotatable bonds is 2. The van der Waals surface area contributed by atoms with E-state index in [2.05, 4.69) is 15.5 Å². The Kier molecular flexibility index (Phi) is 3.10. The first-order chi connectivity index (χ1) is 8.28. The monoisotopic (exact) mass is 255 g/mol. The highest BCUT2D eigenvalue weighted by Crippen LogP contribution is 2.39. The van der Waals surface area contributed by atoms with Crippen LogP contribution in [0.1, 0.15) is 42.6 Å². The fraction of sp³-hybridized carbons (Fsp3) is 0.818. The lowest BCUT2D eigenvalue weighted by Gasteiger charge is -2.28. The average Bonchev–Trinajstić information content (AvgIpc) is 3.01. The van der Waals surface area contributed by atoms with Gasteiger partial charge in [-0.1, -0.05) is 5.16 Å². The highest BCUT2D eigenvalue weighted by atomic mass is 32.2. The third-order valence-electron chi connectivity index (χ3n) is 3.49. The number of aliphatic hydroxyl groups is 1. The molecule has 5 nitrogen and oxygen atoms in total. The molecule has 1 atom stereocenters. The molecular formula is C11H17N3O2S. The minimum absolute atomic E-state index is 0.359. The molecule has 2 saturated heterocycles. The molecule has 2 N–H and O–H groups in total. The Morgan fingerprint density at radius 3 is 2.94 bits per heavy atom. The summed E-state index contributed by atoms with van der Waals surface area (Å²) in [6.07, 6.45) is 3.62. The summed E-state index contributed by atoms with van der Waals surface area (Å²) in [5.41, 5.74) is -0.917. The fourth-order valence-electron chi connectivity index (χ4n) is 2.39. The lowest BCUT2D eigenvalue weighted by Crippen LogP contribution is -2.39. The van der Waals surface area contributed by atoms with Crippen LogP contribution >= 0.6 is 11.8 Å². The molecule has 94 valence electrons. The van der Waals surface area contributed by atoms with Crippen LogP contribution in [0.15, 0.2) is 4.52 Å². The van der Waals surface area contributed by atoms with Crippen LogP contribution in [-0.4, -0.2) is 34.1 Å². The lowest BCUT2D eigenvalue weighted by atomic mass is 9.92. The summed E-state index contributed by atoms with van der Waals surface area (Å²) < 4.78 is 5.27. The van der Waals surface area contributed by atoms with Crippen LogP contribution in [0.25, 0.3) is 0 Å². The van der Waals surface area contributed by atoms with Crippen molar-refractivity contribution in [2.24, 2.45) is 0 Å². The Bertz CT molecular complexity index is 384. The number of hydrogen-bond donors (Lipinski definition) is 2. The van der Waals surface area contributed by atoms with Gasteiger partial charge in [0.15, 0.2) is 5.82 Å². The lowest BCUT2D eigenvalue weighted by molar-refractivity contribution is -0.0228. The molecule has 2 aliphatic rings. The summed E-state index contributed by atoms with van der Waals surface area (Å²) in [6.45, 7) is 1.60. The Labute approximate surface area is 104 Å². The minimum Gasteiger partial charge on any atom is -0.380 e. The van der Waals surface area contributed by atoms with Gasteiger partial charge in [-0.2, -0.15) is 16.7 Å². The summed E-state index contributed by atoms with van der Waals surface area (Å²) in [4.78, 5) is 4.41. The third-order valence-corrected chi connectivity index (χ3v) is 4.86. The average molecular weight is 255 g/mol. The second-order valence-electron chi connectivity index (χ2n) is 4.74. The Morgan fingerprint density at radius 2 is 2.24 bits per heavy atom. The number of nitrogens with zero attached hydrogens (tertiary/aromatic N) is 2. The largest absolute Gasteiger partial charge is 0.380 e. The van der Waals surface area contributed by atoms with Crippen molar-refractivity contribution in [2.75, 3.05) is 18.8 Å². The van der Waals surface area contributed by atoms with E-state index in [1.807, 2.05) is 11.8 Å². The molecule has 6 heteroatoms. The van der Waals surface area contributed by atoms with Crippen LogP contribution in [0.3, 0.4) is 0 Å². The second-order valence-corrected chi connectivity index (χ2v) is 6.05. The van der Waals surface area contributed by atoms with Crippen molar-refractivity contribution in [2.45, 2.75) is 36.5 Å². The summed E-state index contributed by atoms with van der Waals surface area (Å²) in [7, 11) is 0. The quantitative estimate of drug-likeness (QED) is 0.827. The Hall–Kier alpha value is -0.590. The summed E-state index contributed by atoms with van der Waals surface area (Å²) in [6, 6.07) is 0. The van der Waals surface area contributed by atoms with E-state index in [0.717, 1.165) is 25.3 Å². The molecule has 1 aromatic heterocycles. The minimum atomic E-state index is -0.917. The molecule has 0 radical (unpaired) electrons. The van der Waals surface area contributed by atoms with Crippen molar-refractivity contribution in [3.8, 4) is 0 Å². The molecule has 1 unspecified atom stereocenters. The molecular weight excluding hydrogens is 238 g/mol. The number of nitrogens with one attached hydrogen (secondary N) is 1. The maximum atomic E-state index is 10.5. The van der Waals surface area contributed by atoms with Crippen LogP contribution in [0, 0.1) is 0 Å². The number of thioether (sulfide) groups is 1. The van der Waals surface area contributed by atoms with Gasteiger partial charge in [0, 0.05) is 0 Å². The van der Waals surface area contributed by atoms with Crippen LogP contribution in [0.2, 0.25) is 0 Å². The maximum absolute atomic E-state index is 10.5. The van der Waals surface area contributed by atoms with E-state index in [1.54, 1.807) is 0 Å². The van der Waals surface area contributed by atoms with Gasteiger partial charge in [0.1, 0.15) is 5.60 Å². The molecule has 0 bridgehead atoms. The first-order valence-electron chi connectivity index (χ1n) is 6.17. The van der Waals surface area contributed by atoms with Gasteiger partial charge >= 0.3 is 0 Å². The molecule has 0 aromatic carbocycles. The highest BCUT2D eigenvalue weighted by molar-refractivity contribution is 7.99. The van der Waals surface area contributed by atoms with Crippen LogP contribution in [-0.2, 0) is 5.60 Å². The van der Waals surface area contributed by atoms with Crippen LogP contribution in [0.4, 0.5) is 0 Å². The van der Waals surface area contributed by atoms with Gasteiger partial charge in [-0.3, -0.25) is 0 Å². The number of piperidine rings is 1. The van der Waals surface area contributed by atoms with Crippen molar-refractivity contribution in [3.63, 3.8) is 0 Å². The smallest absolute Gasteiger partial charge is 0.258 e. The zero-order valence-electron chi connectivity index (χ0n) is 9.69. The van der Waals surface area contributed by atoms with E-state index in [-0.39, 0.29) is 0 Å². The predicted molar refractivity (Wildman–Crippen MR) is 64.7 cm³/mol. The summed E-state index contributed by atoms with van der Waals surface area (Å²) in [5, 5.41) is 18.1. The van der Waals surface area contributed by atoms with E-state index in [4.69, 9.17) is 4.52 Å². The molecule has 0 amide bonds. The molecule has 1 aromatic rings. The molecule has 0 spiro atoms. The molecule has 3 heterocycles. The third kappa shape index (κ3) is 2.21. The molecule has 0 saturated carbocycles. The normalized spacial score (nSPS) is 28.4. The zero-order valence-corrected chi connectivity index (χ0v) is 10.5. The van der Waals surface area contributed by atoms with Crippen molar-refractivity contribution in [1.29, 1.82) is 0 Å². The molecule has 17 heavy (non-hydrogen) atoms. The van der Waals surface area contributed by atoms with Gasteiger partial charge in [0.2, 0.25) is 0 Å². The van der Waals surface area contributed by atoms with Crippen molar-refractivity contribution < 1.29 is 9.63 Å². The van der Waals surface area contributed by atoms with Crippen molar-refractivity contribution in [1.82, 2.24) is 15.5 Å². The van der Waals surface area contributed by atoms with E-state index in [1.165, 1.54) is 12.2 Å². The molecule has 3 rings (SSSR count). The van der Waals surface area contributed by atoms with Gasteiger partial charge < -0.3 is 14.9 Å². The fourth-order valence-corrected chi connectivity index (χ4v) is 3.59. The van der Waals surface area contributed by atoms with E-state index in [9.17, 15) is 5.11 Å². The number of hydrogen-bond acceptors (Lipinski definition) is 6. The van der Waals surface area contributed by atoms with Crippen molar-refractivity contribution in [3.05, 3.63) is 11.7 Å². The first-order valence-corrected chi connectivity index (χ1v) is 7.22. The SMILES string of the molecule is OC1(c2nc(C3CCCS3)no2)CCNCC1. The molecule has 2 aliphatic heterocycles. The van der Waals surface area contributed by atoms with E-state index < -0.39 is 5.60 Å². The number of aromatic nitrogens is 2. The van der Waals surface area contributed by atoms with Gasteiger partial charge in [0.25, 0.3) is 5.89 Å². The van der Waals surface area contributed by atoms with Crippen molar-refractivity contribution >= 4 is 11.8 Å². The molecule has 0 aliphatic carbocycles. The van der Waals surface area contributed by atoms with Gasteiger partial charge in [-0.25, -0.2) is 0 Å². The highest BCUT2D eigenvalue weighted by Gasteiger charge is 2.37. The standard InChI is InChI=1S/C11H17N3O2S/c15-11(3-5-12-6-4-11)10-13-9(14-16-10)8-2-1-7-17-8/h8,12,15H,1-7H2. The first kappa shape index (κ1) is 11.5.